The van der Waals surface area contributed by atoms with Crippen LogP contribution in [0.3, 0.4) is 0 Å². The van der Waals surface area contributed by atoms with E-state index in [4.69, 9.17) is 9.84 Å². The largest absolute Gasteiger partial charge is 0.478 e. The second-order valence-corrected chi connectivity index (χ2v) is 4.83. The summed E-state index contributed by atoms with van der Waals surface area (Å²) < 4.78 is 13.4. The summed E-state index contributed by atoms with van der Waals surface area (Å²) in [7, 11) is 1.31. The molecule has 0 bridgehead atoms. The van der Waals surface area contributed by atoms with E-state index >= 15 is 0 Å². The van der Waals surface area contributed by atoms with Crippen LogP contribution in [-0.4, -0.2) is 49.3 Å². The van der Waals surface area contributed by atoms with Crippen molar-refractivity contribution in [1.29, 1.82) is 0 Å². The van der Waals surface area contributed by atoms with E-state index in [1.54, 1.807) is 6.92 Å². The summed E-state index contributed by atoms with van der Waals surface area (Å²) in [5, 5.41) is 8.57. The molecule has 158 valence electrons. The molecule has 0 aromatic carbocycles. The minimum atomic E-state index is -1.07. The van der Waals surface area contributed by atoms with Crippen LogP contribution in [0.2, 0.25) is 0 Å². The van der Waals surface area contributed by atoms with E-state index < -0.39 is 17.9 Å². The first kappa shape index (κ1) is 29.6. The molecule has 0 aliphatic carbocycles. The highest BCUT2D eigenvalue weighted by molar-refractivity contribution is 5.94. The maximum atomic E-state index is 11.2. The van der Waals surface area contributed by atoms with E-state index in [0.29, 0.717) is 13.2 Å². The minimum absolute atomic E-state index is 0.0611. The Kier molecular flexibility index (Phi) is 21.3. The highest BCUT2D eigenvalue weighted by Gasteiger charge is 2.08. The number of hydrogen-bond acceptors (Lipinski definition) is 7. The normalized spacial score (nSPS) is 9.21. The third kappa shape index (κ3) is 20.9. The third-order valence-corrected chi connectivity index (χ3v) is 2.54. The summed E-state index contributed by atoms with van der Waals surface area (Å²) in [6.07, 6.45) is 5.19. The predicted octanol–water partition coefficient (Wildman–Crippen LogP) is 3.00. The van der Waals surface area contributed by atoms with Crippen LogP contribution in [0.4, 0.5) is 0 Å². The van der Waals surface area contributed by atoms with Gasteiger partial charge in [0, 0.05) is 17.7 Å². The number of rotatable bonds is 9. The Morgan fingerprint density at radius 1 is 1.00 bits per heavy atom. The van der Waals surface area contributed by atoms with Gasteiger partial charge in [-0.3, -0.25) is 0 Å². The highest BCUT2D eigenvalue weighted by atomic mass is 16.5. The Bertz CT molecular complexity index is 573. The lowest BCUT2D eigenvalue weighted by Gasteiger charge is -2.03. The maximum absolute atomic E-state index is 11.2. The Morgan fingerprint density at radius 3 is 1.82 bits per heavy atom. The van der Waals surface area contributed by atoms with E-state index in [2.05, 4.69) is 29.2 Å². The molecule has 0 aliphatic rings. The molecule has 0 unspecified atom stereocenters. The zero-order valence-corrected chi connectivity index (χ0v) is 17.0. The van der Waals surface area contributed by atoms with E-state index in [1.807, 2.05) is 6.92 Å². The lowest BCUT2D eigenvalue weighted by Crippen LogP contribution is -2.08. The first-order chi connectivity index (χ1) is 13.1. The summed E-state index contributed by atoms with van der Waals surface area (Å²) in [5.41, 5.74) is 0.124. The molecule has 1 N–H and O–H groups in total. The second kappa shape index (κ2) is 20.2. The molecular weight excluding hydrogens is 368 g/mol. The van der Waals surface area contributed by atoms with Gasteiger partial charge in [-0.15, -0.1) is 0 Å². The van der Waals surface area contributed by atoms with Gasteiger partial charge in [-0.2, -0.15) is 0 Å². The summed E-state index contributed by atoms with van der Waals surface area (Å²) in [5.74, 6) is -2.39. The number of esters is 3. The molecule has 0 saturated carbocycles. The number of ether oxygens (including phenoxy) is 3. The summed E-state index contributed by atoms with van der Waals surface area (Å²) >= 11 is 0. The number of unbranched alkanes of at least 4 members (excludes halogenated alkanes) is 1. The van der Waals surface area contributed by atoms with Gasteiger partial charge in [0.05, 0.1) is 25.9 Å². The number of carboxylic acid groups (broad SMARTS) is 1. The van der Waals surface area contributed by atoms with Gasteiger partial charge in [0.1, 0.15) is 0 Å². The molecule has 0 heterocycles. The number of methoxy groups -OCH3 is 1. The molecule has 0 radical (unpaired) electrons. The molecule has 0 aliphatic heterocycles. The van der Waals surface area contributed by atoms with Gasteiger partial charge in [0.15, 0.2) is 0 Å². The van der Waals surface area contributed by atoms with Crippen molar-refractivity contribution in [2.75, 3.05) is 20.3 Å². The molecule has 0 aromatic heterocycles. The SMILES string of the molecule is C=C(C=C(C)C(=O)O)C(=O)OCCCC.C=CC(=O)OC.C=CC(=O)OCC. The number of aliphatic carboxylic acids is 1. The quantitative estimate of drug-likeness (QED) is 0.207. The predicted molar refractivity (Wildman–Crippen MR) is 105 cm³/mol. The third-order valence-electron chi connectivity index (χ3n) is 2.54. The van der Waals surface area contributed by atoms with Gasteiger partial charge in [-0.05, 0) is 26.3 Å². The lowest BCUT2D eigenvalue weighted by atomic mass is 10.2. The van der Waals surface area contributed by atoms with Crippen molar-refractivity contribution in [2.24, 2.45) is 0 Å². The van der Waals surface area contributed by atoms with Gasteiger partial charge >= 0.3 is 23.9 Å². The van der Waals surface area contributed by atoms with Crippen molar-refractivity contribution >= 4 is 23.9 Å². The van der Waals surface area contributed by atoms with Crippen LogP contribution in [0.25, 0.3) is 0 Å². The molecular formula is C20H30O8. The van der Waals surface area contributed by atoms with Gasteiger partial charge in [-0.25, -0.2) is 19.2 Å². The van der Waals surface area contributed by atoms with Crippen LogP contribution in [0.15, 0.2) is 49.1 Å². The Morgan fingerprint density at radius 2 is 1.54 bits per heavy atom. The fourth-order valence-corrected chi connectivity index (χ4v) is 1.07. The summed E-state index contributed by atoms with van der Waals surface area (Å²) in [6, 6.07) is 0. The van der Waals surface area contributed by atoms with Crippen molar-refractivity contribution in [1.82, 2.24) is 0 Å². The molecule has 28 heavy (non-hydrogen) atoms. The molecule has 0 rings (SSSR count). The van der Waals surface area contributed by atoms with Crippen LogP contribution in [0.5, 0.6) is 0 Å². The average molecular weight is 398 g/mol. The number of carboxylic acids is 1. The van der Waals surface area contributed by atoms with Crippen LogP contribution in [0, 0.1) is 0 Å². The number of carbonyl (C=O) groups excluding carboxylic acids is 3. The summed E-state index contributed by atoms with van der Waals surface area (Å²) in [4.78, 5) is 41.6. The molecule has 0 saturated heterocycles. The fourth-order valence-electron chi connectivity index (χ4n) is 1.07. The first-order valence-corrected chi connectivity index (χ1v) is 8.38. The second-order valence-electron chi connectivity index (χ2n) is 4.83. The maximum Gasteiger partial charge on any atom is 0.337 e. The van der Waals surface area contributed by atoms with Crippen LogP contribution in [0.1, 0.15) is 33.6 Å². The van der Waals surface area contributed by atoms with Crippen LogP contribution < -0.4 is 0 Å². The van der Waals surface area contributed by atoms with Gasteiger partial charge in [-0.1, -0.05) is 33.1 Å². The Hall–Kier alpha value is -3.16. The Balaban J connectivity index is -0.000000397. The Labute approximate surface area is 166 Å². The molecule has 0 fully saturated rings. The zero-order chi connectivity index (χ0) is 22.5. The molecule has 0 atom stereocenters. The van der Waals surface area contributed by atoms with E-state index in [-0.39, 0.29) is 17.1 Å². The van der Waals surface area contributed by atoms with Gasteiger partial charge in [0.25, 0.3) is 0 Å². The van der Waals surface area contributed by atoms with Crippen LogP contribution >= 0.6 is 0 Å². The van der Waals surface area contributed by atoms with Crippen molar-refractivity contribution in [3.8, 4) is 0 Å². The zero-order valence-electron chi connectivity index (χ0n) is 17.0. The monoisotopic (exact) mass is 398 g/mol. The topological polar surface area (TPSA) is 116 Å². The van der Waals surface area contributed by atoms with E-state index in [1.165, 1.54) is 20.1 Å². The molecule has 8 heteroatoms. The smallest absolute Gasteiger partial charge is 0.337 e. The molecule has 0 amide bonds. The fraction of sp³-hybridized carbons (Fsp3) is 0.400. The van der Waals surface area contributed by atoms with Gasteiger partial charge in [0.2, 0.25) is 0 Å². The van der Waals surface area contributed by atoms with Crippen molar-refractivity contribution in [3.05, 3.63) is 49.1 Å². The van der Waals surface area contributed by atoms with E-state index in [0.717, 1.165) is 25.0 Å². The molecule has 8 nitrogen and oxygen atoms in total. The number of carbonyl (C=O) groups is 4. The van der Waals surface area contributed by atoms with Crippen molar-refractivity contribution in [3.63, 3.8) is 0 Å². The highest BCUT2D eigenvalue weighted by Crippen LogP contribution is 2.03. The first-order valence-electron chi connectivity index (χ1n) is 8.38. The number of hydrogen-bond donors (Lipinski definition) is 1. The summed E-state index contributed by atoms with van der Waals surface area (Å²) in [6.45, 7) is 15.7. The average Bonchev–Trinajstić information content (AvgIpc) is 2.68. The molecule has 0 aromatic rings. The minimum Gasteiger partial charge on any atom is -0.478 e. The lowest BCUT2D eigenvalue weighted by molar-refractivity contribution is -0.139. The van der Waals surface area contributed by atoms with Gasteiger partial charge < -0.3 is 19.3 Å². The van der Waals surface area contributed by atoms with Crippen LogP contribution in [-0.2, 0) is 33.4 Å². The van der Waals surface area contributed by atoms with E-state index in [9.17, 15) is 19.2 Å². The standard InChI is InChI=1S/C11H16O4.C5H8O2.C4H6O2/c1-4-5-6-15-11(14)9(3)7-8(2)10(12)13;1-3-5(6)7-4-2;1-3-4(5)6-2/h7H,3-6H2,1-2H3,(H,12,13);3H,1,4H2,2H3;3H,1H2,2H3. The molecule has 0 spiro atoms. The van der Waals surface area contributed by atoms with Crippen molar-refractivity contribution < 1.29 is 38.5 Å². The van der Waals surface area contributed by atoms with Crippen molar-refractivity contribution in [2.45, 2.75) is 33.6 Å².